The van der Waals surface area contributed by atoms with Gasteiger partial charge in [-0.05, 0) is 6.42 Å². The summed E-state index contributed by atoms with van der Waals surface area (Å²) >= 11 is 0. The molecule has 2 nitrogen and oxygen atoms in total. The molecule has 0 heterocycles. The molecule has 2 heteroatoms. The van der Waals surface area contributed by atoms with Crippen molar-refractivity contribution in [3.05, 3.63) is 12.2 Å². The molecule has 9 heavy (non-hydrogen) atoms. The molecule has 0 amide bonds. The smallest absolute Gasteiger partial charge is 0.0853 e. The van der Waals surface area contributed by atoms with Gasteiger partial charge in [-0.15, -0.1) is 0 Å². The van der Waals surface area contributed by atoms with Crippen LogP contribution in [-0.2, 0) is 0 Å². The molecular formula is C7H12O2. The van der Waals surface area contributed by atoms with Gasteiger partial charge >= 0.3 is 0 Å². The van der Waals surface area contributed by atoms with E-state index in [1.807, 2.05) is 6.92 Å². The number of hydrogen-bond donors (Lipinski definition) is 2. The molecular weight excluding hydrogens is 116 g/mol. The normalized spacial score (nSPS) is 41.9. The summed E-state index contributed by atoms with van der Waals surface area (Å²) in [7, 11) is 0. The molecule has 0 saturated carbocycles. The fourth-order valence-electron chi connectivity index (χ4n) is 1.05. The maximum Gasteiger partial charge on any atom is 0.0853 e. The van der Waals surface area contributed by atoms with E-state index < -0.39 is 11.7 Å². The summed E-state index contributed by atoms with van der Waals surface area (Å²) in [4.78, 5) is 0. The van der Waals surface area contributed by atoms with Gasteiger partial charge in [-0.3, -0.25) is 0 Å². The zero-order valence-electron chi connectivity index (χ0n) is 5.54. The van der Waals surface area contributed by atoms with Crippen molar-refractivity contribution in [1.82, 2.24) is 0 Å². The van der Waals surface area contributed by atoms with Crippen LogP contribution in [0.5, 0.6) is 0 Å². The van der Waals surface area contributed by atoms with Crippen molar-refractivity contribution in [1.29, 1.82) is 0 Å². The van der Waals surface area contributed by atoms with E-state index in [1.165, 1.54) is 0 Å². The Morgan fingerprint density at radius 1 is 1.78 bits per heavy atom. The SMILES string of the molecule is CC[C@@]1(O)C=C[C@H](O)C1. The molecule has 0 unspecified atom stereocenters. The minimum absolute atomic E-state index is 0.435. The zero-order chi connectivity index (χ0) is 6.91. The number of aliphatic hydroxyl groups excluding tert-OH is 1. The monoisotopic (exact) mass is 128 g/mol. The third-order valence-electron chi connectivity index (χ3n) is 1.80. The second-order valence-electron chi connectivity index (χ2n) is 2.59. The number of hydrogen-bond acceptors (Lipinski definition) is 2. The van der Waals surface area contributed by atoms with Crippen LogP contribution in [0.2, 0.25) is 0 Å². The van der Waals surface area contributed by atoms with Crippen molar-refractivity contribution < 1.29 is 10.2 Å². The lowest BCUT2D eigenvalue weighted by Crippen LogP contribution is -2.23. The van der Waals surface area contributed by atoms with Gasteiger partial charge in [-0.2, -0.15) is 0 Å². The second-order valence-corrected chi connectivity index (χ2v) is 2.59. The molecule has 0 aromatic rings. The zero-order valence-corrected chi connectivity index (χ0v) is 5.54. The summed E-state index contributed by atoms with van der Waals surface area (Å²) < 4.78 is 0. The van der Waals surface area contributed by atoms with Crippen LogP contribution in [0, 0.1) is 0 Å². The lowest BCUT2D eigenvalue weighted by Gasteiger charge is -2.17. The first-order chi connectivity index (χ1) is 4.16. The van der Waals surface area contributed by atoms with Crippen LogP contribution in [-0.4, -0.2) is 21.9 Å². The average Bonchev–Trinajstić information content (AvgIpc) is 2.13. The summed E-state index contributed by atoms with van der Waals surface area (Å²) in [6, 6.07) is 0. The van der Waals surface area contributed by atoms with Crippen LogP contribution in [0.3, 0.4) is 0 Å². The van der Waals surface area contributed by atoms with Crippen molar-refractivity contribution in [2.75, 3.05) is 0 Å². The molecule has 0 bridgehead atoms. The summed E-state index contributed by atoms with van der Waals surface area (Å²) in [5.41, 5.74) is -0.723. The largest absolute Gasteiger partial charge is 0.389 e. The van der Waals surface area contributed by atoms with Crippen molar-refractivity contribution in [2.45, 2.75) is 31.5 Å². The lowest BCUT2D eigenvalue weighted by atomic mass is 10.0. The van der Waals surface area contributed by atoms with E-state index in [4.69, 9.17) is 5.11 Å². The van der Waals surface area contributed by atoms with Gasteiger partial charge in [0, 0.05) is 6.42 Å². The number of rotatable bonds is 1. The molecule has 1 aliphatic rings. The maximum atomic E-state index is 9.42. The van der Waals surface area contributed by atoms with Gasteiger partial charge in [0.25, 0.3) is 0 Å². The van der Waals surface area contributed by atoms with E-state index >= 15 is 0 Å². The van der Waals surface area contributed by atoms with E-state index in [9.17, 15) is 5.11 Å². The second kappa shape index (κ2) is 2.12. The minimum Gasteiger partial charge on any atom is -0.389 e. The Kier molecular flexibility index (Phi) is 1.60. The first kappa shape index (κ1) is 6.78. The topological polar surface area (TPSA) is 40.5 Å². The fourth-order valence-corrected chi connectivity index (χ4v) is 1.05. The van der Waals surface area contributed by atoms with E-state index in [1.54, 1.807) is 12.2 Å². The fraction of sp³-hybridized carbons (Fsp3) is 0.714. The Labute approximate surface area is 54.8 Å². The van der Waals surface area contributed by atoms with E-state index in [0.717, 1.165) is 0 Å². The van der Waals surface area contributed by atoms with Crippen molar-refractivity contribution >= 4 is 0 Å². The van der Waals surface area contributed by atoms with Crippen LogP contribution in [0.15, 0.2) is 12.2 Å². The molecule has 52 valence electrons. The molecule has 2 N–H and O–H groups in total. The van der Waals surface area contributed by atoms with E-state index in [-0.39, 0.29) is 0 Å². The van der Waals surface area contributed by atoms with Crippen molar-refractivity contribution in [2.24, 2.45) is 0 Å². The molecule has 0 saturated heterocycles. The lowest BCUT2D eigenvalue weighted by molar-refractivity contribution is 0.0549. The van der Waals surface area contributed by atoms with Crippen LogP contribution in [0.4, 0.5) is 0 Å². The summed E-state index contributed by atoms with van der Waals surface area (Å²) in [5, 5.41) is 18.4. The van der Waals surface area contributed by atoms with Crippen LogP contribution in [0.1, 0.15) is 19.8 Å². The Morgan fingerprint density at radius 2 is 2.44 bits per heavy atom. The number of aliphatic hydroxyl groups is 2. The van der Waals surface area contributed by atoms with Gasteiger partial charge in [0.1, 0.15) is 0 Å². The highest BCUT2D eigenvalue weighted by atomic mass is 16.3. The predicted molar refractivity (Wildman–Crippen MR) is 35.0 cm³/mol. The van der Waals surface area contributed by atoms with Gasteiger partial charge in [0.2, 0.25) is 0 Å². The van der Waals surface area contributed by atoms with Crippen LogP contribution < -0.4 is 0 Å². The highest BCUT2D eigenvalue weighted by molar-refractivity contribution is 5.12. The van der Waals surface area contributed by atoms with Crippen molar-refractivity contribution in [3.63, 3.8) is 0 Å². The molecule has 2 atom stereocenters. The first-order valence-electron chi connectivity index (χ1n) is 3.26. The molecule has 1 aliphatic carbocycles. The van der Waals surface area contributed by atoms with E-state index in [0.29, 0.717) is 12.8 Å². The Morgan fingerprint density at radius 3 is 2.67 bits per heavy atom. The molecule has 0 aliphatic heterocycles. The van der Waals surface area contributed by atoms with Crippen LogP contribution >= 0.6 is 0 Å². The molecule has 0 radical (unpaired) electrons. The predicted octanol–water partition coefficient (Wildman–Crippen LogP) is 0.448. The Hall–Kier alpha value is -0.340. The Bertz CT molecular complexity index is 131. The molecule has 0 aromatic carbocycles. The quantitative estimate of drug-likeness (QED) is 0.503. The summed E-state index contributed by atoms with van der Waals surface area (Å²) in [6.45, 7) is 1.91. The molecule has 1 rings (SSSR count). The third kappa shape index (κ3) is 1.32. The molecule has 0 fully saturated rings. The minimum atomic E-state index is -0.723. The van der Waals surface area contributed by atoms with Crippen LogP contribution in [0.25, 0.3) is 0 Å². The highest BCUT2D eigenvalue weighted by Gasteiger charge is 2.28. The first-order valence-corrected chi connectivity index (χ1v) is 3.26. The van der Waals surface area contributed by atoms with Gasteiger partial charge < -0.3 is 10.2 Å². The molecule has 0 aromatic heterocycles. The summed E-state index contributed by atoms with van der Waals surface area (Å²) in [6.07, 6.45) is 4.03. The standard InChI is InChI=1S/C7H12O2/c1-2-7(9)4-3-6(8)5-7/h3-4,6,8-9H,2,5H2,1H3/t6-,7+/m0/s1. The molecule has 0 spiro atoms. The summed E-state index contributed by atoms with van der Waals surface area (Å²) in [5.74, 6) is 0. The Balaban J connectivity index is 2.57. The maximum absolute atomic E-state index is 9.42. The van der Waals surface area contributed by atoms with Gasteiger partial charge in [0.15, 0.2) is 0 Å². The van der Waals surface area contributed by atoms with Gasteiger partial charge in [-0.25, -0.2) is 0 Å². The highest BCUT2D eigenvalue weighted by Crippen LogP contribution is 2.25. The van der Waals surface area contributed by atoms with E-state index in [2.05, 4.69) is 0 Å². The van der Waals surface area contributed by atoms with Crippen molar-refractivity contribution in [3.8, 4) is 0 Å². The third-order valence-corrected chi connectivity index (χ3v) is 1.80. The average molecular weight is 128 g/mol. The van der Waals surface area contributed by atoms with Gasteiger partial charge in [-0.1, -0.05) is 19.1 Å². The van der Waals surface area contributed by atoms with Gasteiger partial charge in [0.05, 0.1) is 11.7 Å².